The molecule has 1 saturated heterocycles. The normalized spacial score (nSPS) is 18.7. The maximum Gasteiger partial charge on any atom is 0.262 e. The Kier molecular flexibility index (Phi) is 8.52. The molecule has 0 radical (unpaired) electrons. The zero-order chi connectivity index (χ0) is 34.1. The number of carbonyl (C=O) groups is 4. The number of nitrogens with zero attached hydrogens (tertiary/aromatic N) is 1. The fraction of sp³-hybridized carbons (Fsp3) is 0.243. The third-order valence-corrected chi connectivity index (χ3v) is 8.74. The lowest BCUT2D eigenvalue weighted by molar-refractivity contribution is -0.123. The number of benzene rings is 4. The highest BCUT2D eigenvalue weighted by molar-refractivity contribution is 5.99. The zero-order valence-corrected chi connectivity index (χ0v) is 26.9. The second kappa shape index (κ2) is 13.2. The number of ether oxygens (including phenoxy) is 4. The van der Waals surface area contributed by atoms with Crippen LogP contribution in [0, 0.1) is 6.92 Å². The number of methoxy groups -OCH3 is 1. The van der Waals surface area contributed by atoms with Gasteiger partial charge in [0.15, 0.2) is 24.7 Å². The number of anilines is 1. The summed E-state index contributed by atoms with van der Waals surface area (Å²) >= 11 is 0. The van der Waals surface area contributed by atoms with E-state index in [9.17, 15) is 19.2 Å². The maximum absolute atomic E-state index is 13.8. The number of hydrogen-bond acceptors (Lipinski definition) is 8. The Morgan fingerprint density at radius 1 is 0.857 bits per heavy atom. The van der Waals surface area contributed by atoms with Gasteiger partial charge in [-0.05, 0) is 83.8 Å². The number of amides is 4. The number of aryl methyl sites for hydroxylation is 1. The summed E-state index contributed by atoms with van der Waals surface area (Å²) in [5, 5.41) is 8.72. The van der Waals surface area contributed by atoms with Gasteiger partial charge in [0.25, 0.3) is 23.6 Å². The van der Waals surface area contributed by atoms with Crippen LogP contribution in [0.2, 0.25) is 0 Å². The van der Waals surface area contributed by atoms with E-state index in [1.807, 2.05) is 43.3 Å². The standard InChI is InChI=1S/C37H34N4O8/c1-21-6-8-24-14-27(21)23-4-3-5-26(13-23)47-19-34(42)38-16-22-7-11-30(32(12-22)46-2)49-33-18-41(17-29(33)40-36(24)44)37(45)25-9-10-28-31(15-25)48-20-35(43)39-28/h3-15,29,33H,16-20H2,1-2H3,(H,38,42)(H,39,43)(H,40,44)/t29-,33-/m0/s1. The van der Waals surface area contributed by atoms with Gasteiger partial charge >= 0.3 is 0 Å². The molecular weight excluding hydrogens is 628 g/mol. The molecule has 8 rings (SSSR count). The predicted octanol–water partition coefficient (Wildman–Crippen LogP) is 3.71. The molecule has 4 aromatic carbocycles. The summed E-state index contributed by atoms with van der Waals surface area (Å²) in [4.78, 5) is 53.6. The van der Waals surface area contributed by atoms with Crippen LogP contribution in [0.5, 0.6) is 23.0 Å². The van der Waals surface area contributed by atoms with E-state index in [4.69, 9.17) is 18.9 Å². The van der Waals surface area contributed by atoms with Crippen LogP contribution in [0.4, 0.5) is 5.69 Å². The Morgan fingerprint density at radius 3 is 2.57 bits per heavy atom. The SMILES string of the molecule is COc1cc2ccc1O[C@H]1CN(C(=O)c3ccc4c(c3)OCC(=O)N4)C[C@@H]1NC(=O)c1ccc(C)c(c1)-c1cccc(c1)OCC(=O)NC2. The van der Waals surface area contributed by atoms with Crippen LogP contribution in [0.3, 0.4) is 0 Å². The summed E-state index contributed by atoms with van der Waals surface area (Å²) in [5.41, 5.74) is 4.70. The lowest BCUT2D eigenvalue weighted by Gasteiger charge is -2.23. The van der Waals surface area contributed by atoms with Gasteiger partial charge in [-0.1, -0.05) is 24.3 Å². The summed E-state index contributed by atoms with van der Waals surface area (Å²) in [6.45, 7) is 2.24. The number of fused-ring (bicyclic) bond motifs is 8. The van der Waals surface area contributed by atoms with Crippen molar-refractivity contribution >= 4 is 29.3 Å². The highest BCUT2D eigenvalue weighted by Gasteiger charge is 2.39. The summed E-state index contributed by atoms with van der Waals surface area (Å²) < 4.78 is 23.4. The van der Waals surface area contributed by atoms with Crippen LogP contribution in [0.25, 0.3) is 11.1 Å². The fourth-order valence-electron chi connectivity index (χ4n) is 6.15. The Balaban J connectivity index is 1.22. The molecule has 0 unspecified atom stereocenters. The molecule has 2 atom stereocenters. The molecule has 4 heterocycles. The van der Waals surface area contributed by atoms with E-state index in [2.05, 4.69) is 16.0 Å². The van der Waals surface area contributed by atoms with Crippen LogP contribution in [0.15, 0.2) is 78.9 Å². The molecule has 3 N–H and O–H groups in total. The average molecular weight is 663 g/mol. The number of hydrogen-bond donors (Lipinski definition) is 3. The first-order valence-electron chi connectivity index (χ1n) is 15.8. The van der Waals surface area contributed by atoms with Crippen molar-refractivity contribution in [2.24, 2.45) is 0 Å². The van der Waals surface area contributed by atoms with Gasteiger partial charge in [0.2, 0.25) is 0 Å². The molecule has 12 nitrogen and oxygen atoms in total. The van der Waals surface area contributed by atoms with Gasteiger partial charge in [0, 0.05) is 24.2 Å². The first-order chi connectivity index (χ1) is 23.7. The van der Waals surface area contributed by atoms with E-state index in [0.717, 1.165) is 22.3 Å². The predicted molar refractivity (Wildman–Crippen MR) is 179 cm³/mol. The lowest BCUT2D eigenvalue weighted by atomic mass is 9.97. The van der Waals surface area contributed by atoms with Crippen LogP contribution in [-0.4, -0.2) is 74.1 Å². The molecule has 4 amide bonds. The van der Waals surface area contributed by atoms with Gasteiger partial charge in [-0.3, -0.25) is 19.2 Å². The van der Waals surface area contributed by atoms with Crippen molar-refractivity contribution in [3.05, 3.63) is 101 Å². The first kappa shape index (κ1) is 31.6. The Bertz CT molecular complexity index is 1980. The minimum atomic E-state index is -0.634. The number of likely N-dealkylation sites (tertiary alicyclic amines) is 1. The number of carbonyl (C=O) groups excluding carboxylic acids is 4. The maximum atomic E-state index is 13.8. The number of rotatable bonds is 2. The van der Waals surface area contributed by atoms with Gasteiger partial charge in [-0.2, -0.15) is 0 Å². The van der Waals surface area contributed by atoms with Crippen LogP contribution >= 0.6 is 0 Å². The highest BCUT2D eigenvalue weighted by Crippen LogP contribution is 2.33. The molecule has 49 heavy (non-hydrogen) atoms. The van der Waals surface area contributed by atoms with E-state index in [-0.39, 0.29) is 56.5 Å². The fourth-order valence-corrected chi connectivity index (χ4v) is 6.15. The monoisotopic (exact) mass is 662 g/mol. The quantitative estimate of drug-likeness (QED) is 0.295. The molecule has 0 aliphatic carbocycles. The molecule has 250 valence electrons. The van der Waals surface area contributed by atoms with E-state index >= 15 is 0 Å². The first-order valence-corrected chi connectivity index (χ1v) is 15.8. The second-order valence-electron chi connectivity index (χ2n) is 12.1. The van der Waals surface area contributed by atoms with Crippen molar-refractivity contribution in [1.29, 1.82) is 0 Å². The zero-order valence-electron chi connectivity index (χ0n) is 26.9. The Hall–Kier alpha value is -6.04. The molecule has 12 heteroatoms. The smallest absolute Gasteiger partial charge is 0.262 e. The van der Waals surface area contributed by atoms with E-state index in [0.29, 0.717) is 39.8 Å². The average Bonchev–Trinajstić information content (AvgIpc) is 3.51. The molecule has 0 spiro atoms. The van der Waals surface area contributed by atoms with Crippen molar-refractivity contribution in [3.8, 4) is 34.1 Å². The number of nitrogens with one attached hydrogen (secondary N) is 3. The molecule has 1 fully saturated rings. The van der Waals surface area contributed by atoms with Crippen molar-refractivity contribution < 1.29 is 38.1 Å². The van der Waals surface area contributed by atoms with Gasteiger partial charge < -0.3 is 39.8 Å². The summed E-state index contributed by atoms with van der Waals surface area (Å²) in [7, 11) is 1.52. The second-order valence-corrected chi connectivity index (χ2v) is 12.1. The van der Waals surface area contributed by atoms with Gasteiger partial charge in [-0.15, -0.1) is 0 Å². The van der Waals surface area contributed by atoms with Crippen molar-refractivity contribution in [2.45, 2.75) is 25.6 Å². The van der Waals surface area contributed by atoms with Crippen molar-refractivity contribution in [2.75, 3.05) is 38.7 Å². The Morgan fingerprint density at radius 2 is 1.71 bits per heavy atom. The van der Waals surface area contributed by atoms with Crippen molar-refractivity contribution in [3.63, 3.8) is 0 Å². The summed E-state index contributed by atoms with van der Waals surface area (Å²) in [6, 6.07) is 22.4. The van der Waals surface area contributed by atoms with Crippen LogP contribution in [0.1, 0.15) is 31.8 Å². The molecular formula is C37H34N4O8. The molecule has 4 aliphatic heterocycles. The van der Waals surface area contributed by atoms with Gasteiger partial charge in [0.05, 0.1) is 25.4 Å². The highest BCUT2D eigenvalue weighted by atomic mass is 16.5. The molecule has 0 aromatic heterocycles. The third-order valence-electron chi connectivity index (χ3n) is 8.74. The largest absolute Gasteiger partial charge is 0.493 e. The third kappa shape index (κ3) is 6.71. The topological polar surface area (TPSA) is 145 Å². The van der Waals surface area contributed by atoms with Crippen molar-refractivity contribution in [1.82, 2.24) is 15.5 Å². The molecule has 4 aliphatic rings. The van der Waals surface area contributed by atoms with E-state index in [1.165, 1.54) is 7.11 Å². The molecule has 4 aromatic rings. The summed E-state index contributed by atoms with van der Waals surface area (Å²) in [5.74, 6) is 0.621. The van der Waals surface area contributed by atoms with Gasteiger partial charge in [-0.25, -0.2) is 0 Å². The minimum Gasteiger partial charge on any atom is -0.493 e. The summed E-state index contributed by atoms with van der Waals surface area (Å²) in [6.07, 6.45) is -0.634. The van der Waals surface area contributed by atoms with Gasteiger partial charge in [0.1, 0.15) is 17.6 Å². The van der Waals surface area contributed by atoms with E-state index < -0.39 is 12.1 Å². The van der Waals surface area contributed by atoms with Crippen LogP contribution in [-0.2, 0) is 16.1 Å². The van der Waals surface area contributed by atoms with E-state index in [1.54, 1.807) is 47.4 Å². The minimum absolute atomic E-state index is 0.134. The molecule has 6 bridgehead atoms. The Labute approximate surface area is 282 Å². The lowest BCUT2D eigenvalue weighted by Crippen LogP contribution is -2.45. The molecule has 0 saturated carbocycles. The van der Waals surface area contributed by atoms with Crippen LogP contribution < -0.4 is 34.9 Å².